The van der Waals surface area contributed by atoms with E-state index in [9.17, 15) is 4.79 Å². The second kappa shape index (κ2) is 3.74. The van der Waals surface area contributed by atoms with E-state index in [1.54, 1.807) is 0 Å². The van der Waals surface area contributed by atoms with Gasteiger partial charge in [-0.2, -0.15) is 0 Å². The molecule has 0 N–H and O–H groups in total. The van der Waals surface area contributed by atoms with Crippen molar-refractivity contribution in [1.29, 1.82) is 0 Å². The van der Waals surface area contributed by atoms with Crippen LogP contribution in [0.2, 0.25) is 0 Å². The van der Waals surface area contributed by atoms with E-state index in [1.165, 1.54) is 19.3 Å². The van der Waals surface area contributed by atoms with E-state index in [1.807, 2.05) is 13.8 Å². The SMILES string of the molecule is CC(C)OC(=O)CC1CCC1. The van der Waals surface area contributed by atoms with Gasteiger partial charge in [-0.3, -0.25) is 4.79 Å². The van der Waals surface area contributed by atoms with Crippen LogP contribution in [-0.4, -0.2) is 12.1 Å². The van der Waals surface area contributed by atoms with Gasteiger partial charge in [-0.1, -0.05) is 6.42 Å². The molecule has 11 heavy (non-hydrogen) atoms. The average Bonchev–Trinajstić information content (AvgIpc) is 1.77. The monoisotopic (exact) mass is 156 g/mol. The molecular formula is C9H16O2. The van der Waals surface area contributed by atoms with Gasteiger partial charge in [0.05, 0.1) is 6.10 Å². The van der Waals surface area contributed by atoms with E-state index in [0.29, 0.717) is 12.3 Å². The van der Waals surface area contributed by atoms with Gasteiger partial charge in [0.2, 0.25) is 0 Å². The van der Waals surface area contributed by atoms with Crippen LogP contribution in [0.15, 0.2) is 0 Å². The Kier molecular flexibility index (Phi) is 2.92. The molecule has 0 saturated heterocycles. The zero-order valence-electron chi connectivity index (χ0n) is 7.30. The van der Waals surface area contributed by atoms with Crippen LogP contribution >= 0.6 is 0 Å². The lowest BCUT2D eigenvalue weighted by Gasteiger charge is -2.24. The number of esters is 1. The number of carbonyl (C=O) groups excluding carboxylic acids is 1. The topological polar surface area (TPSA) is 26.3 Å². The lowest BCUT2D eigenvalue weighted by Crippen LogP contribution is -2.19. The lowest BCUT2D eigenvalue weighted by molar-refractivity contribution is -0.149. The molecule has 0 heterocycles. The van der Waals surface area contributed by atoms with Gasteiger partial charge in [0.1, 0.15) is 0 Å². The van der Waals surface area contributed by atoms with Gasteiger partial charge in [0.15, 0.2) is 0 Å². The highest BCUT2D eigenvalue weighted by atomic mass is 16.5. The van der Waals surface area contributed by atoms with Crippen LogP contribution < -0.4 is 0 Å². The van der Waals surface area contributed by atoms with Crippen molar-refractivity contribution in [2.45, 2.75) is 45.6 Å². The van der Waals surface area contributed by atoms with Crippen molar-refractivity contribution in [3.8, 4) is 0 Å². The second-order valence-electron chi connectivity index (χ2n) is 3.54. The van der Waals surface area contributed by atoms with Crippen LogP contribution in [0.3, 0.4) is 0 Å². The molecule has 0 aromatic heterocycles. The van der Waals surface area contributed by atoms with Gasteiger partial charge in [0, 0.05) is 6.42 Å². The van der Waals surface area contributed by atoms with Gasteiger partial charge in [0.25, 0.3) is 0 Å². The van der Waals surface area contributed by atoms with Gasteiger partial charge in [-0.15, -0.1) is 0 Å². The molecule has 0 aromatic rings. The first-order chi connectivity index (χ1) is 5.18. The molecule has 0 amide bonds. The quantitative estimate of drug-likeness (QED) is 0.585. The van der Waals surface area contributed by atoms with E-state index in [2.05, 4.69) is 0 Å². The zero-order chi connectivity index (χ0) is 8.27. The Labute approximate surface area is 67.9 Å². The number of rotatable bonds is 3. The highest BCUT2D eigenvalue weighted by Gasteiger charge is 2.21. The first kappa shape index (κ1) is 8.57. The highest BCUT2D eigenvalue weighted by molar-refractivity contribution is 5.69. The third-order valence-electron chi connectivity index (χ3n) is 2.05. The molecule has 64 valence electrons. The third kappa shape index (κ3) is 2.91. The summed E-state index contributed by atoms with van der Waals surface area (Å²) in [5.74, 6) is 0.603. The van der Waals surface area contributed by atoms with Gasteiger partial charge >= 0.3 is 5.97 Å². The highest BCUT2D eigenvalue weighted by Crippen LogP contribution is 2.29. The van der Waals surface area contributed by atoms with Crippen molar-refractivity contribution in [3.63, 3.8) is 0 Å². The van der Waals surface area contributed by atoms with E-state index >= 15 is 0 Å². The van der Waals surface area contributed by atoms with Crippen molar-refractivity contribution in [1.82, 2.24) is 0 Å². The first-order valence-corrected chi connectivity index (χ1v) is 4.38. The van der Waals surface area contributed by atoms with Crippen molar-refractivity contribution < 1.29 is 9.53 Å². The number of carbonyl (C=O) groups is 1. The molecule has 2 nitrogen and oxygen atoms in total. The van der Waals surface area contributed by atoms with Crippen LogP contribution in [0.25, 0.3) is 0 Å². The molecule has 1 saturated carbocycles. The minimum atomic E-state index is -0.0234. The number of hydrogen-bond donors (Lipinski definition) is 0. The van der Waals surface area contributed by atoms with Gasteiger partial charge < -0.3 is 4.74 Å². The van der Waals surface area contributed by atoms with E-state index < -0.39 is 0 Å². The predicted octanol–water partition coefficient (Wildman–Crippen LogP) is 2.13. The van der Waals surface area contributed by atoms with Crippen molar-refractivity contribution >= 4 is 5.97 Å². The Morgan fingerprint density at radius 1 is 1.55 bits per heavy atom. The summed E-state index contributed by atoms with van der Waals surface area (Å²) in [6, 6.07) is 0. The minimum absolute atomic E-state index is 0.0234. The zero-order valence-corrected chi connectivity index (χ0v) is 7.30. The van der Waals surface area contributed by atoms with Crippen LogP contribution in [0.4, 0.5) is 0 Å². The summed E-state index contributed by atoms with van der Waals surface area (Å²) in [6.45, 7) is 3.78. The molecule has 0 spiro atoms. The smallest absolute Gasteiger partial charge is 0.306 e. The van der Waals surface area contributed by atoms with E-state index in [4.69, 9.17) is 4.74 Å². The van der Waals surface area contributed by atoms with E-state index in [0.717, 1.165) is 0 Å². The summed E-state index contributed by atoms with van der Waals surface area (Å²) < 4.78 is 5.02. The fraction of sp³-hybridized carbons (Fsp3) is 0.889. The summed E-state index contributed by atoms with van der Waals surface area (Å²) in [4.78, 5) is 11.0. The summed E-state index contributed by atoms with van der Waals surface area (Å²) in [5, 5.41) is 0. The molecule has 0 aliphatic heterocycles. The molecule has 1 fully saturated rings. The number of ether oxygens (including phenoxy) is 1. The maximum absolute atomic E-state index is 11.0. The molecule has 0 unspecified atom stereocenters. The molecule has 0 aromatic carbocycles. The summed E-state index contributed by atoms with van der Waals surface area (Å²) in [6.07, 6.45) is 4.40. The van der Waals surface area contributed by atoms with E-state index in [-0.39, 0.29) is 12.1 Å². The fourth-order valence-corrected chi connectivity index (χ4v) is 1.24. The molecular weight excluding hydrogens is 140 g/mol. The largest absolute Gasteiger partial charge is 0.463 e. The predicted molar refractivity (Wildman–Crippen MR) is 43.2 cm³/mol. The van der Waals surface area contributed by atoms with Crippen LogP contribution in [0.1, 0.15) is 39.5 Å². The first-order valence-electron chi connectivity index (χ1n) is 4.38. The Morgan fingerprint density at radius 2 is 2.18 bits per heavy atom. The van der Waals surface area contributed by atoms with Crippen molar-refractivity contribution in [2.24, 2.45) is 5.92 Å². The molecule has 2 heteroatoms. The Hall–Kier alpha value is -0.530. The van der Waals surface area contributed by atoms with Crippen molar-refractivity contribution in [2.75, 3.05) is 0 Å². The van der Waals surface area contributed by atoms with Gasteiger partial charge in [-0.25, -0.2) is 0 Å². The van der Waals surface area contributed by atoms with Gasteiger partial charge in [-0.05, 0) is 32.6 Å². The minimum Gasteiger partial charge on any atom is -0.463 e. The number of hydrogen-bond acceptors (Lipinski definition) is 2. The maximum atomic E-state index is 11.0. The molecule has 1 rings (SSSR count). The maximum Gasteiger partial charge on any atom is 0.306 e. The Bertz CT molecular complexity index is 136. The molecule has 0 atom stereocenters. The normalized spacial score (nSPS) is 18.1. The Morgan fingerprint density at radius 3 is 2.55 bits per heavy atom. The lowest BCUT2D eigenvalue weighted by atomic mass is 9.83. The molecule has 0 radical (unpaired) electrons. The Balaban J connectivity index is 2.09. The molecule has 1 aliphatic carbocycles. The summed E-state index contributed by atoms with van der Waals surface area (Å²) in [7, 11) is 0. The molecule has 0 bridgehead atoms. The van der Waals surface area contributed by atoms with Crippen LogP contribution in [0.5, 0.6) is 0 Å². The van der Waals surface area contributed by atoms with Crippen LogP contribution in [-0.2, 0) is 9.53 Å². The van der Waals surface area contributed by atoms with Crippen molar-refractivity contribution in [3.05, 3.63) is 0 Å². The average molecular weight is 156 g/mol. The second-order valence-corrected chi connectivity index (χ2v) is 3.54. The fourth-order valence-electron chi connectivity index (χ4n) is 1.24. The molecule has 1 aliphatic rings. The summed E-state index contributed by atoms with van der Waals surface area (Å²) in [5.41, 5.74) is 0. The summed E-state index contributed by atoms with van der Waals surface area (Å²) >= 11 is 0. The third-order valence-corrected chi connectivity index (χ3v) is 2.05. The van der Waals surface area contributed by atoms with Crippen LogP contribution in [0, 0.1) is 5.92 Å². The standard InChI is InChI=1S/C9H16O2/c1-7(2)11-9(10)6-8-4-3-5-8/h7-8H,3-6H2,1-2H3.